The van der Waals surface area contributed by atoms with E-state index in [9.17, 15) is 4.79 Å². The van der Waals surface area contributed by atoms with Gasteiger partial charge in [0.15, 0.2) is 0 Å². The Morgan fingerprint density at radius 1 is 1.57 bits per heavy atom. The lowest BCUT2D eigenvalue weighted by atomic mass is 10.2. The SMILES string of the molecule is Cc1ccccc1OC[C@H](N)C(=O)O. The second kappa shape index (κ2) is 4.62. The van der Waals surface area contributed by atoms with E-state index in [4.69, 9.17) is 15.6 Å². The van der Waals surface area contributed by atoms with Crippen molar-refractivity contribution in [1.29, 1.82) is 0 Å². The molecule has 0 bridgehead atoms. The number of carboxylic acid groups (broad SMARTS) is 1. The monoisotopic (exact) mass is 195 g/mol. The molecule has 1 atom stereocenters. The average Bonchev–Trinajstić information content (AvgIpc) is 2.16. The van der Waals surface area contributed by atoms with Gasteiger partial charge < -0.3 is 15.6 Å². The topological polar surface area (TPSA) is 72.5 Å². The minimum absolute atomic E-state index is 0.0137. The number of aryl methyl sites for hydroxylation is 1. The van der Waals surface area contributed by atoms with Crippen molar-refractivity contribution in [2.75, 3.05) is 6.61 Å². The molecule has 1 aromatic carbocycles. The van der Waals surface area contributed by atoms with Crippen LogP contribution in [0, 0.1) is 6.92 Å². The zero-order chi connectivity index (χ0) is 10.6. The summed E-state index contributed by atoms with van der Waals surface area (Å²) in [6.07, 6.45) is 0. The third-order valence-corrected chi connectivity index (χ3v) is 1.83. The molecule has 0 aliphatic heterocycles. The molecule has 0 saturated carbocycles. The van der Waals surface area contributed by atoms with Crippen LogP contribution in [0.25, 0.3) is 0 Å². The lowest BCUT2D eigenvalue weighted by molar-refractivity contribution is -0.139. The highest BCUT2D eigenvalue weighted by Crippen LogP contribution is 2.15. The number of benzene rings is 1. The summed E-state index contributed by atoms with van der Waals surface area (Å²) in [6, 6.07) is 6.41. The predicted octanol–water partition coefficient (Wildman–Crippen LogP) is 0.786. The summed E-state index contributed by atoms with van der Waals surface area (Å²) in [4.78, 5) is 10.4. The number of hydrogen-bond donors (Lipinski definition) is 2. The summed E-state index contributed by atoms with van der Waals surface area (Å²) in [5.41, 5.74) is 6.25. The smallest absolute Gasteiger partial charge is 0.324 e. The van der Waals surface area contributed by atoms with Crippen molar-refractivity contribution in [2.24, 2.45) is 5.73 Å². The molecule has 1 rings (SSSR count). The van der Waals surface area contributed by atoms with Crippen LogP contribution >= 0.6 is 0 Å². The fourth-order valence-corrected chi connectivity index (χ4v) is 0.969. The van der Waals surface area contributed by atoms with Gasteiger partial charge in [-0.25, -0.2) is 0 Å². The standard InChI is InChI=1S/C10H13NO3/c1-7-4-2-3-5-9(7)14-6-8(11)10(12)13/h2-5,8H,6,11H2,1H3,(H,12,13)/t8-/m0/s1. The molecule has 0 unspecified atom stereocenters. The first-order valence-electron chi connectivity index (χ1n) is 4.28. The zero-order valence-corrected chi connectivity index (χ0v) is 7.93. The Labute approximate surface area is 82.3 Å². The van der Waals surface area contributed by atoms with Crippen LogP contribution < -0.4 is 10.5 Å². The van der Waals surface area contributed by atoms with Gasteiger partial charge >= 0.3 is 5.97 Å². The number of ether oxygens (including phenoxy) is 1. The fraction of sp³-hybridized carbons (Fsp3) is 0.300. The van der Waals surface area contributed by atoms with Crippen LogP contribution in [0.5, 0.6) is 5.75 Å². The molecule has 0 amide bonds. The highest BCUT2D eigenvalue weighted by Gasteiger charge is 2.12. The minimum atomic E-state index is -1.06. The van der Waals surface area contributed by atoms with Crippen molar-refractivity contribution in [2.45, 2.75) is 13.0 Å². The van der Waals surface area contributed by atoms with Crippen LogP contribution in [0.4, 0.5) is 0 Å². The molecule has 0 aliphatic carbocycles. The predicted molar refractivity (Wildman–Crippen MR) is 52.3 cm³/mol. The van der Waals surface area contributed by atoms with Crippen molar-refractivity contribution in [3.05, 3.63) is 29.8 Å². The van der Waals surface area contributed by atoms with Crippen molar-refractivity contribution in [3.63, 3.8) is 0 Å². The third kappa shape index (κ3) is 2.74. The van der Waals surface area contributed by atoms with Crippen molar-refractivity contribution >= 4 is 5.97 Å². The highest BCUT2D eigenvalue weighted by molar-refractivity contribution is 5.73. The lowest BCUT2D eigenvalue weighted by Gasteiger charge is -2.10. The maximum absolute atomic E-state index is 10.4. The van der Waals surface area contributed by atoms with Gasteiger partial charge in [0.2, 0.25) is 0 Å². The maximum Gasteiger partial charge on any atom is 0.324 e. The molecule has 4 heteroatoms. The molecule has 1 aromatic rings. The van der Waals surface area contributed by atoms with Gasteiger partial charge in [0.25, 0.3) is 0 Å². The van der Waals surface area contributed by atoms with Crippen LogP contribution in [-0.4, -0.2) is 23.7 Å². The molecule has 0 aliphatic rings. The first-order valence-corrected chi connectivity index (χ1v) is 4.28. The van der Waals surface area contributed by atoms with Crippen molar-refractivity contribution in [1.82, 2.24) is 0 Å². The normalized spacial score (nSPS) is 12.1. The molecule has 4 nitrogen and oxygen atoms in total. The number of rotatable bonds is 4. The highest BCUT2D eigenvalue weighted by atomic mass is 16.5. The summed E-state index contributed by atoms with van der Waals surface area (Å²) in [7, 11) is 0. The Bertz CT molecular complexity index is 325. The summed E-state index contributed by atoms with van der Waals surface area (Å²) >= 11 is 0. The van der Waals surface area contributed by atoms with E-state index in [1.807, 2.05) is 25.1 Å². The third-order valence-electron chi connectivity index (χ3n) is 1.83. The summed E-state index contributed by atoms with van der Waals surface area (Å²) < 4.78 is 5.25. The quantitative estimate of drug-likeness (QED) is 0.744. The van der Waals surface area contributed by atoms with Gasteiger partial charge in [0.1, 0.15) is 18.4 Å². The zero-order valence-electron chi connectivity index (χ0n) is 7.93. The van der Waals surface area contributed by atoms with Crippen LogP contribution in [0.15, 0.2) is 24.3 Å². The Morgan fingerprint density at radius 3 is 2.79 bits per heavy atom. The molecule has 0 radical (unpaired) electrons. The van der Waals surface area contributed by atoms with Gasteiger partial charge in [-0.15, -0.1) is 0 Å². The Morgan fingerprint density at radius 2 is 2.21 bits per heavy atom. The van der Waals surface area contributed by atoms with Crippen LogP contribution in [0.3, 0.4) is 0 Å². The number of hydrogen-bond acceptors (Lipinski definition) is 3. The summed E-state index contributed by atoms with van der Waals surface area (Å²) in [6.45, 7) is 1.88. The van der Waals surface area contributed by atoms with Crippen LogP contribution in [0.1, 0.15) is 5.56 Å². The molecule has 0 heterocycles. The molecule has 0 spiro atoms. The number of carboxylic acids is 1. The molecule has 76 valence electrons. The molecular formula is C10H13NO3. The van der Waals surface area contributed by atoms with E-state index >= 15 is 0 Å². The molecule has 0 fully saturated rings. The molecule has 0 saturated heterocycles. The van der Waals surface area contributed by atoms with E-state index < -0.39 is 12.0 Å². The maximum atomic E-state index is 10.4. The first-order chi connectivity index (χ1) is 6.61. The van der Waals surface area contributed by atoms with Gasteiger partial charge in [-0.05, 0) is 18.6 Å². The van der Waals surface area contributed by atoms with Crippen molar-refractivity contribution in [3.8, 4) is 5.75 Å². The van der Waals surface area contributed by atoms with E-state index in [1.54, 1.807) is 6.07 Å². The van der Waals surface area contributed by atoms with E-state index in [1.165, 1.54) is 0 Å². The lowest BCUT2D eigenvalue weighted by Crippen LogP contribution is -2.36. The van der Waals surface area contributed by atoms with Crippen LogP contribution in [-0.2, 0) is 4.79 Å². The Balaban J connectivity index is 2.54. The fourth-order valence-electron chi connectivity index (χ4n) is 0.969. The van der Waals surface area contributed by atoms with E-state index in [0.29, 0.717) is 5.75 Å². The van der Waals surface area contributed by atoms with Crippen molar-refractivity contribution < 1.29 is 14.6 Å². The number of carbonyl (C=O) groups is 1. The molecule has 14 heavy (non-hydrogen) atoms. The Kier molecular flexibility index (Phi) is 3.48. The van der Waals surface area contributed by atoms with Crippen LogP contribution in [0.2, 0.25) is 0 Å². The van der Waals surface area contributed by atoms with Gasteiger partial charge in [-0.1, -0.05) is 18.2 Å². The number of aliphatic carboxylic acids is 1. The minimum Gasteiger partial charge on any atom is -0.491 e. The number of nitrogens with two attached hydrogens (primary N) is 1. The first kappa shape index (κ1) is 10.5. The Hall–Kier alpha value is -1.55. The summed E-state index contributed by atoms with van der Waals surface area (Å²) in [5.74, 6) is -0.386. The van der Waals surface area contributed by atoms with E-state index in [-0.39, 0.29) is 6.61 Å². The van der Waals surface area contributed by atoms with Gasteiger partial charge in [-0.2, -0.15) is 0 Å². The summed E-state index contributed by atoms with van der Waals surface area (Å²) in [5, 5.41) is 8.52. The second-order valence-electron chi connectivity index (χ2n) is 3.02. The van der Waals surface area contributed by atoms with Gasteiger partial charge in [-0.3, -0.25) is 4.79 Å². The molecular weight excluding hydrogens is 182 g/mol. The van der Waals surface area contributed by atoms with Gasteiger partial charge in [0.05, 0.1) is 0 Å². The molecule has 3 N–H and O–H groups in total. The van der Waals surface area contributed by atoms with E-state index in [0.717, 1.165) is 5.56 Å². The average molecular weight is 195 g/mol. The molecule has 0 aromatic heterocycles. The number of para-hydroxylation sites is 1. The van der Waals surface area contributed by atoms with Gasteiger partial charge in [0, 0.05) is 0 Å². The van der Waals surface area contributed by atoms with E-state index in [2.05, 4.69) is 0 Å². The largest absolute Gasteiger partial charge is 0.491 e. The second-order valence-corrected chi connectivity index (χ2v) is 3.02.